The van der Waals surface area contributed by atoms with Gasteiger partial charge in [0.25, 0.3) is 17.4 Å². The van der Waals surface area contributed by atoms with E-state index in [4.69, 9.17) is 4.74 Å². The maximum atomic E-state index is 12.8. The summed E-state index contributed by atoms with van der Waals surface area (Å²) >= 11 is 0. The predicted octanol–water partition coefficient (Wildman–Crippen LogP) is 3.40. The van der Waals surface area contributed by atoms with E-state index in [1.165, 1.54) is 16.8 Å². The van der Waals surface area contributed by atoms with E-state index < -0.39 is 23.5 Å². The van der Waals surface area contributed by atoms with Gasteiger partial charge in [-0.3, -0.25) is 30.6 Å². The first-order valence-corrected chi connectivity index (χ1v) is 10.7. The molecule has 1 heterocycles. The first kappa shape index (κ1) is 24.4. The highest BCUT2D eigenvalue weighted by molar-refractivity contribution is 6.06. The van der Waals surface area contributed by atoms with E-state index in [0.717, 1.165) is 0 Å². The maximum Gasteiger partial charge on any atom is 0.412 e. The van der Waals surface area contributed by atoms with Crippen molar-refractivity contribution in [1.82, 2.24) is 20.6 Å². The fourth-order valence-corrected chi connectivity index (χ4v) is 3.13. The van der Waals surface area contributed by atoms with Crippen molar-refractivity contribution in [2.45, 2.75) is 46.3 Å². The predicted molar refractivity (Wildman–Crippen MR) is 128 cm³/mol. The lowest BCUT2D eigenvalue weighted by atomic mass is 10.1. The van der Waals surface area contributed by atoms with Gasteiger partial charge in [-0.15, -0.1) is 0 Å². The summed E-state index contributed by atoms with van der Waals surface area (Å²) in [6, 6.07) is 12.5. The Labute approximate surface area is 196 Å². The highest BCUT2D eigenvalue weighted by Crippen LogP contribution is 2.16. The van der Waals surface area contributed by atoms with Crippen LogP contribution in [0.2, 0.25) is 0 Å². The summed E-state index contributed by atoms with van der Waals surface area (Å²) in [6.07, 6.45) is -0.656. The lowest BCUT2D eigenvalue weighted by molar-refractivity contribution is 0.0635. The molecule has 3 aromatic rings. The number of nitrogens with zero attached hydrogens (tertiary/aromatic N) is 2. The van der Waals surface area contributed by atoms with Crippen LogP contribution in [0.15, 0.2) is 53.3 Å². The highest BCUT2D eigenvalue weighted by Gasteiger charge is 2.19. The van der Waals surface area contributed by atoms with Gasteiger partial charge in [0.2, 0.25) is 0 Å². The second-order valence-corrected chi connectivity index (χ2v) is 8.85. The molecule has 0 aliphatic carbocycles. The van der Waals surface area contributed by atoms with Crippen molar-refractivity contribution in [2.75, 3.05) is 5.32 Å². The fourth-order valence-electron chi connectivity index (χ4n) is 3.13. The number of anilines is 1. The molecule has 178 valence electrons. The first-order valence-electron chi connectivity index (χ1n) is 10.7. The second-order valence-electron chi connectivity index (χ2n) is 8.85. The van der Waals surface area contributed by atoms with Crippen LogP contribution in [-0.4, -0.2) is 33.3 Å². The monoisotopic (exact) mass is 465 g/mol. The van der Waals surface area contributed by atoms with Crippen molar-refractivity contribution in [3.63, 3.8) is 0 Å². The van der Waals surface area contributed by atoms with Crippen molar-refractivity contribution in [3.8, 4) is 0 Å². The van der Waals surface area contributed by atoms with Crippen molar-refractivity contribution < 1.29 is 19.1 Å². The lowest BCUT2D eigenvalue weighted by Crippen LogP contribution is -2.43. The molecular weight excluding hydrogens is 438 g/mol. The quantitative estimate of drug-likeness (QED) is 0.506. The second kappa shape index (κ2) is 9.74. The van der Waals surface area contributed by atoms with Crippen molar-refractivity contribution in [3.05, 3.63) is 70.1 Å². The number of benzene rings is 2. The van der Waals surface area contributed by atoms with Gasteiger partial charge in [0.15, 0.2) is 5.69 Å². The minimum absolute atomic E-state index is 0.00421. The topological polar surface area (TPSA) is 131 Å². The average Bonchev–Trinajstić information content (AvgIpc) is 2.76. The molecule has 0 saturated heterocycles. The molecule has 0 aliphatic rings. The third-order valence-electron chi connectivity index (χ3n) is 4.59. The number of hydrazine groups is 1. The fraction of sp³-hybridized carbons (Fsp3) is 0.292. The number of ether oxygens (including phenoxy) is 1. The van der Waals surface area contributed by atoms with Gasteiger partial charge in [0.05, 0.1) is 11.4 Å². The Morgan fingerprint density at radius 2 is 1.59 bits per heavy atom. The van der Waals surface area contributed by atoms with Crippen molar-refractivity contribution in [1.29, 1.82) is 0 Å². The zero-order chi connectivity index (χ0) is 25.0. The number of hydrogen-bond acceptors (Lipinski definition) is 6. The number of carbonyl (C=O) groups is 3. The molecule has 3 rings (SSSR count). The van der Waals surface area contributed by atoms with Crippen LogP contribution in [0.3, 0.4) is 0 Å². The molecule has 0 fully saturated rings. The van der Waals surface area contributed by atoms with Crippen LogP contribution in [-0.2, 0) is 4.74 Å². The largest absolute Gasteiger partial charge is 0.444 e. The summed E-state index contributed by atoms with van der Waals surface area (Å²) in [4.78, 5) is 50.0. The molecule has 0 bridgehead atoms. The number of hydrogen-bond donors (Lipinski definition) is 3. The standard InChI is InChI=1S/C24H27N5O5/c1-14(2)29-22(32)18-12-7-6-11-17(18)19(28-29)21(31)27-26-20(30)15-9-8-10-16(13-15)25-23(33)34-24(3,4)5/h6-14H,1-5H3,(H,25,33)(H,26,30)(H,27,31). The summed E-state index contributed by atoms with van der Waals surface area (Å²) in [6.45, 7) is 8.79. The van der Waals surface area contributed by atoms with E-state index in [9.17, 15) is 19.2 Å². The van der Waals surface area contributed by atoms with Crippen molar-refractivity contribution >= 4 is 34.4 Å². The summed E-state index contributed by atoms with van der Waals surface area (Å²) in [5, 5.41) is 7.49. The Hall–Kier alpha value is -4.21. The van der Waals surface area contributed by atoms with Gasteiger partial charge in [-0.25, -0.2) is 9.48 Å². The summed E-state index contributed by atoms with van der Waals surface area (Å²) in [5.74, 6) is -1.29. The summed E-state index contributed by atoms with van der Waals surface area (Å²) in [5.41, 5.74) is 4.25. The van der Waals surface area contributed by atoms with Crippen LogP contribution in [0.25, 0.3) is 10.8 Å². The van der Waals surface area contributed by atoms with Crippen LogP contribution in [0.4, 0.5) is 10.5 Å². The SMILES string of the molecule is CC(C)n1nc(C(=O)NNC(=O)c2cccc(NC(=O)OC(C)(C)C)c2)c2ccccc2c1=O. The zero-order valence-electron chi connectivity index (χ0n) is 19.6. The normalized spacial score (nSPS) is 11.2. The van der Waals surface area contributed by atoms with Gasteiger partial charge in [0, 0.05) is 16.6 Å². The Morgan fingerprint density at radius 3 is 2.24 bits per heavy atom. The van der Waals surface area contributed by atoms with Crippen LogP contribution in [0.5, 0.6) is 0 Å². The van der Waals surface area contributed by atoms with Gasteiger partial charge in [-0.1, -0.05) is 24.3 Å². The van der Waals surface area contributed by atoms with E-state index in [-0.39, 0.29) is 22.9 Å². The van der Waals surface area contributed by atoms with E-state index in [1.807, 2.05) is 0 Å². The molecule has 0 spiro atoms. The third kappa shape index (κ3) is 5.77. The lowest BCUT2D eigenvalue weighted by Gasteiger charge is -2.19. The number of amides is 3. The molecule has 2 aromatic carbocycles. The number of carbonyl (C=O) groups excluding carboxylic acids is 3. The van der Waals surface area contributed by atoms with Gasteiger partial charge < -0.3 is 4.74 Å². The Bertz CT molecular complexity index is 1310. The number of rotatable bonds is 4. The molecule has 0 aliphatic heterocycles. The highest BCUT2D eigenvalue weighted by atomic mass is 16.6. The number of nitrogens with one attached hydrogen (secondary N) is 3. The van der Waals surface area contributed by atoms with Gasteiger partial charge in [-0.2, -0.15) is 5.10 Å². The van der Waals surface area contributed by atoms with Crippen LogP contribution >= 0.6 is 0 Å². The molecule has 10 heteroatoms. The average molecular weight is 466 g/mol. The smallest absolute Gasteiger partial charge is 0.412 e. The van der Waals surface area contributed by atoms with E-state index in [2.05, 4.69) is 21.3 Å². The molecular formula is C24H27N5O5. The first-order chi connectivity index (χ1) is 16.0. The number of fused-ring (bicyclic) bond motifs is 1. The molecule has 34 heavy (non-hydrogen) atoms. The summed E-state index contributed by atoms with van der Waals surface area (Å²) < 4.78 is 6.43. The minimum Gasteiger partial charge on any atom is -0.444 e. The Balaban J connectivity index is 1.76. The van der Waals surface area contributed by atoms with Crippen LogP contribution < -0.4 is 21.7 Å². The molecule has 0 atom stereocenters. The molecule has 1 aromatic heterocycles. The van der Waals surface area contributed by atoms with Crippen LogP contribution in [0, 0.1) is 0 Å². The van der Waals surface area contributed by atoms with Gasteiger partial charge >= 0.3 is 6.09 Å². The van der Waals surface area contributed by atoms with Gasteiger partial charge in [0.1, 0.15) is 5.60 Å². The Kier molecular flexibility index (Phi) is 7.00. The molecule has 0 unspecified atom stereocenters. The Morgan fingerprint density at radius 1 is 0.941 bits per heavy atom. The summed E-state index contributed by atoms with van der Waals surface area (Å²) in [7, 11) is 0. The molecule has 0 radical (unpaired) electrons. The third-order valence-corrected chi connectivity index (χ3v) is 4.59. The molecule has 10 nitrogen and oxygen atoms in total. The molecule has 3 amide bonds. The van der Waals surface area contributed by atoms with E-state index >= 15 is 0 Å². The van der Waals surface area contributed by atoms with Crippen molar-refractivity contribution in [2.24, 2.45) is 0 Å². The zero-order valence-corrected chi connectivity index (χ0v) is 19.6. The van der Waals surface area contributed by atoms with Gasteiger partial charge in [-0.05, 0) is 58.9 Å². The van der Waals surface area contributed by atoms with E-state index in [0.29, 0.717) is 16.5 Å². The maximum absolute atomic E-state index is 12.8. The number of aromatic nitrogens is 2. The molecule has 0 saturated carbocycles. The van der Waals surface area contributed by atoms with E-state index in [1.54, 1.807) is 71.0 Å². The molecule has 3 N–H and O–H groups in total. The minimum atomic E-state index is -0.679. The van der Waals surface area contributed by atoms with Crippen LogP contribution in [0.1, 0.15) is 61.5 Å².